The minimum absolute atomic E-state index is 0.0293. The molecule has 2 aliphatic rings. The van der Waals surface area contributed by atoms with Gasteiger partial charge in [0.15, 0.2) is 5.82 Å². The molecule has 3 amide bonds. The number of aryl methyl sites for hydroxylation is 2. The Labute approximate surface area is 180 Å². The van der Waals surface area contributed by atoms with Crippen LogP contribution >= 0.6 is 0 Å². The first-order valence-electron chi connectivity index (χ1n) is 10.7. The number of hydrogen-bond donors (Lipinski definition) is 1. The van der Waals surface area contributed by atoms with Crippen molar-refractivity contribution in [1.29, 1.82) is 0 Å². The van der Waals surface area contributed by atoms with E-state index in [9.17, 15) is 14.4 Å². The number of fused-ring (bicyclic) bond motifs is 3. The number of nitrogens with zero attached hydrogens (tertiary/aromatic N) is 4. The molecule has 1 saturated heterocycles. The van der Waals surface area contributed by atoms with Crippen LogP contribution in [0.25, 0.3) is 0 Å². The molecule has 1 atom stereocenters. The van der Waals surface area contributed by atoms with Crippen molar-refractivity contribution in [3.63, 3.8) is 0 Å². The molecule has 9 nitrogen and oxygen atoms in total. The monoisotopic (exact) mass is 425 g/mol. The van der Waals surface area contributed by atoms with E-state index < -0.39 is 5.66 Å². The predicted octanol–water partition coefficient (Wildman–Crippen LogP) is 2.21. The van der Waals surface area contributed by atoms with E-state index in [0.29, 0.717) is 74.6 Å². The van der Waals surface area contributed by atoms with Crippen LogP contribution in [0.2, 0.25) is 0 Å². The summed E-state index contributed by atoms with van der Waals surface area (Å²) >= 11 is 0. The average Bonchev–Trinajstić information content (AvgIpc) is 3.30. The summed E-state index contributed by atoms with van der Waals surface area (Å²) < 4.78 is 5.05. The molecule has 164 valence electrons. The standard InChI is InChI=1S/C22H27N5O4/c1-15-24-19(31-25-15)10-5-13-23-18(28)9-6-14-26-21(30)16-7-3-4-8-17(16)27-20(29)11-12-22(26,27)2/h3-4,7-8H,5-6,9-14H2,1-2H3,(H,23,28). The van der Waals surface area contributed by atoms with Crippen LogP contribution in [0.5, 0.6) is 0 Å². The van der Waals surface area contributed by atoms with Crippen LogP contribution in [0.4, 0.5) is 5.69 Å². The van der Waals surface area contributed by atoms with Crippen LogP contribution in [0.1, 0.15) is 61.1 Å². The van der Waals surface area contributed by atoms with E-state index in [0.717, 1.165) is 0 Å². The minimum atomic E-state index is -0.679. The average molecular weight is 425 g/mol. The Morgan fingerprint density at radius 2 is 2.06 bits per heavy atom. The number of rotatable bonds is 8. The van der Waals surface area contributed by atoms with E-state index in [1.54, 1.807) is 28.9 Å². The third-order valence-corrected chi connectivity index (χ3v) is 5.99. The van der Waals surface area contributed by atoms with Crippen LogP contribution in [0.3, 0.4) is 0 Å². The fourth-order valence-electron chi connectivity index (χ4n) is 4.44. The number of benzene rings is 1. The Kier molecular flexibility index (Phi) is 5.75. The highest BCUT2D eigenvalue weighted by Gasteiger charge is 2.52. The number of amides is 3. The Morgan fingerprint density at radius 3 is 2.84 bits per heavy atom. The molecule has 2 aliphatic heterocycles. The molecule has 1 aromatic heterocycles. The van der Waals surface area contributed by atoms with Crippen LogP contribution in [0, 0.1) is 6.92 Å². The lowest BCUT2D eigenvalue weighted by atomic mass is 9.98. The molecule has 0 bridgehead atoms. The van der Waals surface area contributed by atoms with Gasteiger partial charge in [-0.1, -0.05) is 17.3 Å². The van der Waals surface area contributed by atoms with Crippen molar-refractivity contribution in [2.75, 3.05) is 18.0 Å². The molecular weight excluding hydrogens is 398 g/mol. The van der Waals surface area contributed by atoms with Gasteiger partial charge in [-0.3, -0.25) is 19.3 Å². The number of aromatic nitrogens is 2. The molecule has 3 heterocycles. The molecule has 31 heavy (non-hydrogen) atoms. The molecule has 1 N–H and O–H groups in total. The number of carbonyl (C=O) groups excluding carboxylic acids is 3. The maximum absolute atomic E-state index is 13.2. The van der Waals surface area contributed by atoms with Gasteiger partial charge in [0, 0.05) is 32.4 Å². The molecule has 2 aromatic rings. The molecule has 0 saturated carbocycles. The van der Waals surface area contributed by atoms with E-state index in [1.165, 1.54) is 0 Å². The van der Waals surface area contributed by atoms with Gasteiger partial charge in [0.1, 0.15) is 5.66 Å². The lowest BCUT2D eigenvalue weighted by molar-refractivity contribution is -0.121. The summed E-state index contributed by atoms with van der Waals surface area (Å²) in [5, 5.41) is 6.63. The molecule has 1 aromatic carbocycles. The number of carbonyl (C=O) groups is 3. The number of nitrogens with one attached hydrogen (secondary N) is 1. The second kappa shape index (κ2) is 8.49. The Hall–Kier alpha value is -3.23. The summed E-state index contributed by atoms with van der Waals surface area (Å²) in [7, 11) is 0. The van der Waals surface area contributed by atoms with Crippen molar-refractivity contribution in [3.05, 3.63) is 41.5 Å². The lowest BCUT2D eigenvalue weighted by Gasteiger charge is -2.48. The van der Waals surface area contributed by atoms with Gasteiger partial charge in [0.05, 0.1) is 11.3 Å². The van der Waals surface area contributed by atoms with E-state index in [4.69, 9.17) is 4.52 Å². The highest BCUT2D eigenvalue weighted by molar-refractivity contribution is 6.10. The molecule has 1 unspecified atom stereocenters. The van der Waals surface area contributed by atoms with Crippen LogP contribution in [-0.4, -0.2) is 51.5 Å². The molecule has 9 heteroatoms. The first-order chi connectivity index (χ1) is 14.9. The lowest BCUT2D eigenvalue weighted by Crippen LogP contribution is -2.62. The van der Waals surface area contributed by atoms with Gasteiger partial charge in [0.2, 0.25) is 17.7 Å². The van der Waals surface area contributed by atoms with Crippen molar-refractivity contribution in [2.45, 2.75) is 58.0 Å². The summed E-state index contributed by atoms with van der Waals surface area (Å²) in [6, 6.07) is 7.24. The van der Waals surface area contributed by atoms with Gasteiger partial charge in [-0.05, 0) is 45.2 Å². The van der Waals surface area contributed by atoms with Crippen molar-refractivity contribution >= 4 is 23.4 Å². The Bertz CT molecular complexity index is 1000. The predicted molar refractivity (Wildman–Crippen MR) is 112 cm³/mol. The molecule has 0 aliphatic carbocycles. The summed E-state index contributed by atoms with van der Waals surface area (Å²) in [6.07, 6.45) is 3.17. The van der Waals surface area contributed by atoms with E-state index in [2.05, 4.69) is 15.5 Å². The normalized spacial score (nSPS) is 20.1. The van der Waals surface area contributed by atoms with Crippen LogP contribution < -0.4 is 10.2 Å². The first-order valence-corrected chi connectivity index (χ1v) is 10.7. The molecular formula is C22H27N5O4. The maximum atomic E-state index is 13.2. The largest absolute Gasteiger partial charge is 0.356 e. The number of para-hydroxylation sites is 1. The quantitative estimate of drug-likeness (QED) is 0.650. The summed E-state index contributed by atoms with van der Waals surface area (Å²) in [4.78, 5) is 45.6. The molecule has 4 rings (SSSR count). The number of anilines is 1. The molecule has 1 fully saturated rings. The van der Waals surface area contributed by atoms with E-state index in [-0.39, 0.29) is 17.7 Å². The smallest absolute Gasteiger partial charge is 0.257 e. The minimum Gasteiger partial charge on any atom is -0.356 e. The van der Waals surface area contributed by atoms with E-state index in [1.807, 2.05) is 19.1 Å². The summed E-state index contributed by atoms with van der Waals surface area (Å²) in [5.74, 6) is 1.06. The third-order valence-electron chi connectivity index (χ3n) is 5.99. The summed E-state index contributed by atoms with van der Waals surface area (Å²) in [5.41, 5.74) is 0.542. The van der Waals surface area contributed by atoms with E-state index >= 15 is 0 Å². The molecule has 0 spiro atoms. The SMILES string of the molecule is Cc1noc(CCCNC(=O)CCCN2C(=O)c3ccccc3N3C(=O)CCC23C)n1. The van der Waals surface area contributed by atoms with Crippen LogP contribution in [0.15, 0.2) is 28.8 Å². The van der Waals surface area contributed by atoms with Crippen molar-refractivity contribution in [3.8, 4) is 0 Å². The molecule has 0 radical (unpaired) electrons. The van der Waals surface area contributed by atoms with Gasteiger partial charge >= 0.3 is 0 Å². The second-order valence-corrected chi connectivity index (χ2v) is 8.21. The van der Waals surface area contributed by atoms with Gasteiger partial charge in [-0.25, -0.2) is 0 Å². The Morgan fingerprint density at radius 1 is 1.26 bits per heavy atom. The highest BCUT2D eigenvalue weighted by Crippen LogP contribution is 2.43. The van der Waals surface area contributed by atoms with Gasteiger partial charge in [-0.15, -0.1) is 0 Å². The first kappa shape index (κ1) is 21.0. The zero-order valence-corrected chi connectivity index (χ0v) is 17.9. The summed E-state index contributed by atoms with van der Waals surface area (Å²) in [6.45, 7) is 4.64. The van der Waals surface area contributed by atoms with Crippen LogP contribution in [-0.2, 0) is 16.0 Å². The fourth-order valence-corrected chi connectivity index (χ4v) is 4.44. The Balaban J connectivity index is 1.30. The zero-order valence-electron chi connectivity index (χ0n) is 17.9. The van der Waals surface area contributed by atoms with Gasteiger partial charge in [-0.2, -0.15) is 4.98 Å². The topological polar surface area (TPSA) is 109 Å². The third kappa shape index (κ3) is 4.04. The number of hydrogen-bond acceptors (Lipinski definition) is 6. The van der Waals surface area contributed by atoms with Gasteiger partial charge < -0.3 is 14.7 Å². The van der Waals surface area contributed by atoms with Crippen molar-refractivity contribution in [1.82, 2.24) is 20.4 Å². The maximum Gasteiger partial charge on any atom is 0.257 e. The zero-order chi connectivity index (χ0) is 22.0. The highest BCUT2D eigenvalue weighted by atomic mass is 16.5. The van der Waals surface area contributed by atoms with Gasteiger partial charge in [0.25, 0.3) is 5.91 Å². The van der Waals surface area contributed by atoms with Crippen molar-refractivity contribution in [2.24, 2.45) is 0 Å². The fraction of sp³-hybridized carbons (Fsp3) is 0.500. The second-order valence-electron chi connectivity index (χ2n) is 8.21. The van der Waals surface area contributed by atoms with Crippen molar-refractivity contribution < 1.29 is 18.9 Å².